The Labute approximate surface area is 134 Å². The molecule has 3 heteroatoms. The minimum absolute atomic E-state index is 0.788. The Morgan fingerprint density at radius 3 is 2.36 bits per heavy atom. The van der Waals surface area contributed by atoms with Gasteiger partial charge in [-0.25, -0.2) is 0 Å². The molecule has 0 spiro atoms. The molecule has 0 fully saturated rings. The topological polar surface area (TPSA) is 29.3 Å². The number of hydrogen-bond donors (Lipinski definition) is 1. The Morgan fingerprint density at radius 2 is 1.55 bits per heavy atom. The van der Waals surface area contributed by atoms with Gasteiger partial charge >= 0.3 is 0 Å². The maximum atomic E-state index is 6.03. The molecule has 0 aliphatic carbocycles. The lowest BCUT2D eigenvalue weighted by atomic mass is 10.1. The van der Waals surface area contributed by atoms with E-state index in [-0.39, 0.29) is 0 Å². The summed E-state index contributed by atoms with van der Waals surface area (Å²) in [4.78, 5) is 4.78. The molecule has 0 bridgehead atoms. The first-order valence-electron chi connectivity index (χ1n) is 7.25. The van der Waals surface area contributed by atoms with Gasteiger partial charge in [-0.2, -0.15) is 0 Å². The van der Waals surface area contributed by atoms with Crippen molar-refractivity contribution in [3.63, 3.8) is 0 Å². The van der Waals surface area contributed by atoms with Gasteiger partial charge in [0.15, 0.2) is 0 Å². The van der Waals surface area contributed by atoms with E-state index in [9.17, 15) is 0 Å². The van der Waals surface area contributed by atoms with E-state index in [0.717, 1.165) is 17.1 Å². The molecule has 0 unspecified atom stereocenters. The summed E-state index contributed by atoms with van der Waals surface area (Å²) >= 11 is 1.80. The lowest BCUT2D eigenvalue weighted by Gasteiger charge is -2.33. The average Bonchev–Trinajstić information content (AvgIpc) is 2.54. The van der Waals surface area contributed by atoms with Gasteiger partial charge in [0, 0.05) is 21.2 Å². The fourth-order valence-electron chi connectivity index (χ4n) is 2.74. The van der Waals surface area contributed by atoms with Crippen molar-refractivity contribution in [2.75, 3.05) is 10.6 Å². The van der Waals surface area contributed by atoms with E-state index in [2.05, 4.69) is 72.5 Å². The molecule has 108 valence electrons. The van der Waals surface area contributed by atoms with E-state index in [0.29, 0.717) is 0 Å². The van der Waals surface area contributed by atoms with Crippen LogP contribution in [0.25, 0.3) is 0 Å². The first kappa shape index (κ1) is 13.3. The first-order chi connectivity index (χ1) is 10.7. The van der Waals surface area contributed by atoms with Crippen LogP contribution >= 0.6 is 11.8 Å². The molecule has 0 saturated carbocycles. The predicted octanol–water partition coefficient (Wildman–Crippen LogP) is 5.51. The number of aryl methyl sites for hydroxylation is 1. The largest absolute Gasteiger partial charge is 0.399 e. The maximum Gasteiger partial charge on any atom is 0.0622 e. The van der Waals surface area contributed by atoms with Gasteiger partial charge in [0.2, 0.25) is 0 Å². The molecule has 0 amide bonds. The van der Waals surface area contributed by atoms with Crippen LogP contribution in [-0.4, -0.2) is 0 Å². The van der Waals surface area contributed by atoms with Crippen molar-refractivity contribution >= 4 is 34.5 Å². The molecule has 3 aromatic rings. The van der Waals surface area contributed by atoms with Crippen LogP contribution in [0.2, 0.25) is 0 Å². The van der Waals surface area contributed by atoms with Gasteiger partial charge in [-0.3, -0.25) is 0 Å². The van der Waals surface area contributed by atoms with Crippen LogP contribution in [0.3, 0.4) is 0 Å². The number of rotatable bonds is 1. The molecule has 2 N–H and O–H groups in total. The van der Waals surface area contributed by atoms with Gasteiger partial charge in [-0.1, -0.05) is 41.6 Å². The standard InChI is InChI=1S/C19H16N2S/c1-13-6-9-15(10-7-13)21-16-4-2-3-5-18(16)22-19-11-8-14(20)12-17(19)21/h2-12H,20H2,1H3. The molecule has 22 heavy (non-hydrogen) atoms. The third-order valence-corrected chi connectivity index (χ3v) is 4.97. The number of hydrogen-bond acceptors (Lipinski definition) is 3. The molecule has 0 saturated heterocycles. The summed E-state index contributed by atoms with van der Waals surface area (Å²) in [5.41, 5.74) is 11.6. The second-order valence-corrected chi connectivity index (χ2v) is 6.55. The number of nitrogens with two attached hydrogens (primary N) is 1. The second-order valence-electron chi connectivity index (χ2n) is 5.47. The van der Waals surface area contributed by atoms with E-state index >= 15 is 0 Å². The zero-order valence-corrected chi connectivity index (χ0v) is 13.1. The summed E-state index contributed by atoms with van der Waals surface area (Å²) in [7, 11) is 0. The third-order valence-electron chi connectivity index (χ3n) is 3.84. The van der Waals surface area contributed by atoms with Crippen molar-refractivity contribution in [1.82, 2.24) is 0 Å². The molecular weight excluding hydrogens is 288 g/mol. The van der Waals surface area contributed by atoms with E-state index < -0.39 is 0 Å². The smallest absolute Gasteiger partial charge is 0.0622 e. The molecule has 1 heterocycles. The van der Waals surface area contributed by atoms with Crippen LogP contribution < -0.4 is 10.6 Å². The number of anilines is 4. The van der Waals surface area contributed by atoms with Gasteiger partial charge in [-0.15, -0.1) is 0 Å². The summed E-state index contributed by atoms with van der Waals surface area (Å²) in [5, 5.41) is 0. The van der Waals surface area contributed by atoms with Gasteiger partial charge in [0.25, 0.3) is 0 Å². The van der Waals surface area contributed by atoms with E-state index in [1.165, 1.54) is 21.0 Å². The van der Waals surface area contributed by atoms with Crippen molar-refractivity contribution in [2.45, 2.75) is 16.7 Å². The second kappa shape index (κ2) is 5.11. The van der Waals surface area contributed by atoms with Crippen molar-refractivity contribution in [3.05, 3.63) is 72.3 Å². The summed E-state index contributed by atoms with van der Waals surface area (Å²) in [6, 6.07) is 23.2. The Morgan fingerprint density at radius 1 is 0.818 bits per heavy atom. The number of nitrogen functional groups attached to an aromatic ring is 1. The highest BCUT2D eigenvalue weighted by molar-refractivity contribution is 7.99. The van der Waals surface area contributed by atoms with Gasteiger partial charge < -0.3 is 10.6 Å². The maximum absolute atomic E-state index is 6.03. The summed E-state index contributed by atoms with van der Waals surface area (Å²) < 4.78 is 0. The quantitative estimate of drug-likeness (QED) is 0.470. The molecule has 1 aliphatic heterocycles. The highest BCUT2D eigenvalue weighted by Crippen LogP contribution is 2.51. The van der Waals surface area contributed by atoms with Gasteiger partial charge in [0.1, 0.15) is 0 Å². The average molecular weight is 304 g/mol. The van der Waals surface area contributed by atoms with Crippen LogP contribution in [0.15, 0.2) is 76.5 Å². The number of benzene rings is 3. The van der Waals surface area contributed by atoms with Crippen molar-refractivity contribution in [3.8, 4) is 0 Å². The Hall–Kier alpha value is -2.39. The minimum atomic E-state index is 0.788. The lowest BCUT2D eigenvalue weighted by molar-refractivity contribution is 1.16. The monoisotopic (exact) mass is 304 g/mol. The zero-order valence-electron chi connectivity index (χ0n) is 12.3. The summed E-state index contributed by atoms with van der Waals surface area (Å²) in [6.07, 6.45) is 0. The molecule has 0 atom stereocenters. The fraction of sp³-hybridized carbons (Fsp3) is 0.0526. The molecule has 2 nitrogen and oxygen atoms in total. The number of para-hydroxylation sites is 1. The van der Waals surface area contributed by atoms with Gasteiger partial charge in [-0.05, 0) is 49.4 Å². The van der Waals surface area contributed by atoms with Crippen molar-refractivity contribution in [1.29, 1.82) is 0 Å². The minimum Gasteiger partial charge on any atom is -0.399 e. The van der Waals surface area contributed by atoms with Crippen LogP contribution in [0.5, 0.6) is 0 Å². The predicted molar refractivity (Wildman–Crippen MR) is 94.4 cm³/mol. The van der Waals surface area contributed by atoms with Crippen LogP contribution in [0.4, 0.5) is 22.7 Å². The SMILES string of the molecule is Cc1ccc(N2c3ccccc3Sc3ccc(N)cc32)cc1. The molecule has 3 aromatic carbocycles. The Kier molecular flexibility index (Phi) is 3.09. The van der Waals surface area contributed by atoms with Crippen LogP contribution in [-0.2, 0) is 0 Å². The van der Waals surface area contributed by atoms with Crippen LogP contribution in [0.1, 0.15) is 5.56 Å². The molecule has 1 aliphatic rings. The molecule has 0 aromatic heterocycles. The first-order valence-corrected chi connectivity index (χ1v) is 8.07. The zero-order chi connectivity index (χ0) is 15.1. The summed E-state index contributed by atoms with van der Waals surface area (Å²) in [6.45, 7) is 2.11. The van der Waals surface area contributed by atoms with E-state index in [4.69, 9.17) is 5.73 Å². The number of fused-ring (bicyclic) bond motifs is 2. The highest BCUT2D eigenvalue weighted by atomic mass is 32.2. The lowest BCUT2D eigenvalue weighted by Crippen LogP contribution is -2.15. The molecule has 4 rings (SSSR count). The molecular formula is C19H16N2S. The Balaban J connectivity index is 1.96. The highest BCUT2D eigenvalue weighted by Gasteiger charge is 2.24. The normalized spacial score (nSPS) is 12.7. The third kappa shape index (κ3) is 2.14. The van der Waals surface area contributed by atoms with E-state index in [1.54, 1.807) is 11.8 Å². The van der Waals surface area contributed by atoms with Gasteiger partial charge in [0.05, 0.1) is 11.4 Å². The fourth-order valence-corrected chi connectivity index (χ4v) is 3.78. The molecule has 0 radical (unpaired) electrons. The van der Waals surface area contributed by atoms with E-state index in [1.807, 2.05) is 6.07 Å². The number of nitrogens with zero attached hydrogens (tertiary/aromatic N) is 1. The van der Waals surface area contributed by atoms with Crippen molar-refractivity contribution < 1.29 is 0 Å². The summed E-state index contributed by atoms with van der Waals surface area (Å²) in [5.74, 6) is 0. The van der Waals surface area contributed by atoms with Crippen LogP contribution in [0, 0.1) is 6.92 Å². The van der Waals surface area contributed by atoms with Crippen molar-refractivity contribution in [2.24, 2.45) is 0 Å². The Bertz CT molecular complexity index is 840.